The molecule has 6 nitrogen and oxygen atoms in total. The maximum atomic E-state index is 13.7. The van der Waals surface area contributed by atoms with Gasteiger partial charge < -0.3 is 15.5 Å². The molecule has 1 amide bonds. The van der Waals surface area contributed by atoms with Crippen LogP contribution in [-0.4, -0.2) is 42.1 Å². The Balaban J connectivity index is 1.54. The van der Waals surface area contributed by atoms with Crippen molar-refractivity contribution in [3.63, 3.8) is 0 Å². The number of halogens is 4. The molecule has 0 saturated heterocycles. The molecule has 0 unspecified atom stereocenters. The van der Waals surface area contributed by atoms with E-state index in [-0.39, 0.29) is 17.6 Å². The van der Waals surface area contributed by atoms with Crippen LogP contribution in [-0.2, 0) is 6.18 Å². The fraction of sp³-hybridized carbons (Fsp3) is 0.476. The fourth-order valence-corrected chi connectivity index (χ4v) is 3.67. The molecule has 31 heavy (non-hydrogen) atoms. The average molecular weight is 439 g/mol. The second kappa shape index (κ2) is 9.07. The number of benzene rings is 1. The van der Waals surface area contributed by atoms with Crippen molar-refractivity contribution in [1.82, 2.24) is 15.3 Å². The van der Waals surface area contributed by atoms with Gasteiger partial charge in [0.2, 0.25) is 5.95 Å². The molecule has 2 aromatic rings. The Kier molecular flexibility index (Phi) is 6.66. The van der Waals surface area contributed by atoms with E-state index in [9.17, 15) is 22.4 Å². The summed E-state index contributed by atoms with van der Waals surface area (Å²) < 4.78 is 51.7. The first-order chi connectivity index (χ1) is 14.5. The van der Waals surface area contributed by atoms with Crippen LogP contribution < -0.4 is 15.5 Å². The van der Waals surface area contributed by atoms with Gasteiger partial charge in [-0.05, 0) is 50.8 Å². The van der Waals surface area contributed by atoms with Gasteiger partial charge in [0.05, 0.1) is 5.56 Å². The predicted octanol–water partition coefficient (Wildman–Crippen LogP) is 4.16. The summed E-state index contributed by atoms with van der Waals surface area (Å²) in [5.74, 6) is -0.658. The number of carbonyl (C=O) groups is 1. The molecule has 3 rings (SSSR count). The Morgan fingerprint density at radius 1 is 1.13 bits per heavy atom. The number of nitrogens with one attached hydrogen (secondary N) is 2. The average Bonchev–Trinajstić information content (AvgIpc) is 2.69. The SMILES string of the molecule is Cc1cnc(N[C@H]2CC[C@@H](NC(=O)c3ccc(C(F)(F)F)c(F)c3)CC2)nc1N(C)C. The van der Waals surface area contributed by atoms with Crippen molar-refractivity contribution in [2.45, 2.75) is 50.9 Å². The first kappa shape index (κ1) is 22.8. The molecular weight excluding hydrogens is 414 g/mol. The van der Waals surface area contributed by atoms with E-state index in [0.29, 0.717) is 30.9 Å². The Hall–Kier alpha value is -2.91. The lowest BCUT2D eigenvalue weighted by molar-refractivity contribution is -0.140. The van der Waals surface area contributed by atoms with Crippen LogP contribution in [0.3, 0.4) is 0 Å². The molecule has 0 spiro atoms. The highest BCUT2D eigenvalue weighted by molar-refractivity contribution is 5.94. The van der Waals surface area contributed by atoms with E-state index in [1.807, 2.05) is 25.9 Å². The van der Waals surface area contributed by atoms with Gasteiger partial charge in [0.25, 0.3) is 5.91 Å². The molecule has 0 atom stereocenters. The molecule has 168 valence electrons. The highest BCUT2D eigenvalue weighted by atomic mass is 19.4. The number of aromatic nitrogens is 2. The van der Waals surface area contributed by atoms with E-state index in [1.165, 1.54) is 0 Å². The zero-order valence-electron chi connectivity index (χ0n) is 17.6. The van der Waals surface area contributed by atoms with Gasteiger partial charge >= 0.3 is 6.18 Å². The van der Waals surface area contributed by atoms with Gasteiger partial charge in [0.15, 0.2) is 0 Å². The summed E-state index contributed by atoms with van der Waals surface area (Å²) in [6, 6.07) is 2.23. The standard InChI is InChI=1S/C21H25F4N5O/c1-12-11-26-20(29-18(12)30(2)3)28-15-7-5-14(6-8-15)27-19(31)13-4-9-16(17(22)10-13)21(23,24)25/h4,9-11,14-15H,5-8H2,1-3H3,(H,27,31)(H,26,28,29)/t14-,15+. The van der Waals surface area contributed by atoms with E-state index in [0.717, 1.165) is 30.3 Å². The molecular formula is C21H25F4N5O. The van der Waals surface area contributed by atoms with Gasteiger partial charge in [-0.1, -0.05) is 0 Å². The molecule has 10 heteroatoms. The Bertz CT molecular complexity index is 940. The van der Waals surface area contributed by atoms with Crippen LogP contribution in [0.5, 0.6) is 0 Å². The van der Waals surface area contributed by atoms with Crippen LogP contribution in [0.2, 0.25) is 0 Å². The quantitative estimate of drug-likeness (QED) is 0.685. The number of carbonyl (C=O) groups excluding carboxylic acids is 1. The summed E-state index contributed by atoms with van der Waals surface area (Å²) in [4.78, 5) is 23.1. The van der Waals surface area contributed by atoms with Crippen LogP contribution in [0.25, 0.3) is 0 Å². The Morgan fingerprint density at radius 3 is 2.35 bits per heavy atom. The highest BCUT2D eigenvalue weighted by Gasteiger charge is 2.34. The zero-order valence-corrected chi connectivity index (χ0v) is 17.6. The summed E-state index contributed by atoms with van der Waals surface area (Å²) in [6.07, 6.45) is -0.141. The van der Waals surface area contributed by atoms with Crippen LogP contribution in [0, 0.1) is 12.7 Å². The van der Waals surface area contributed by atoms with Crippen LogP contribution in [0.15, 0.2) is 24.4 Å². The lowest BCUT2D eigenvalue weighted by Gasteiger charge is -2.30. The minimum atomic E-state index is -4.79. The lowest BCUT2D eigenvalue weighted by Crippen LogP contribution is -2.40. The molecule has 0 aliphatic heterocycles. The number of hydrogen-bond acceptors (Lipinski definition) is 5. The Labute approximate surface area is 178 Å². The van der Waals surface area contributed by atoms with E-state index in [1.54, 1.807) is 6.20 Å². The second-order valence-electron chi connectivity index (χ2n) is 7.95. The molecule has 1 aromatic heterocycles. The largest absolute Gasteiger partial charge is 0.419 e. The van der Waals surface area contributed by atoms with E-state index in [4.69, 9.17) is 0 Å². The topological polar surface area (TPSA) is 70.1 Å². The number of nitrogens with zero attached hydrogens (tertiary/aromatic N) is 3. The lowest BCUT2D eigenvalue weighted by atomic mass is 9.91. The first-order valence-corrected chi connectivity index (χ1v) is 9.99. The normalized spacial score (nSPS) is 19.1. The van der Waals surface area contributed by atoms with E-state index >= 15 is 0 Å². The van der Waals surface area contributed by atoms with Gasteiger partial charge in [0.1, 0.15) is 11.6 Å². The second-order valence-corrected chi connectivity index (χ2v) is 7.95. The fourth-order valence-electron chi connectivity index (χ4n) is 3.67. The molecule has 1 aliphatic rings. The smallest absolute Gasteiger partial charge is 0.362 e. The highest BCUT2D eigenvalue weighted by Crippen LogP contribution is 2.31. The number of rotatable bonds is 5. The Morgan fingerprint density at radius 2 is 1.77 bits per heavy atom. The first-order valence-electron chi connectivity index (χ1n) is 9.99. The molecule has 0 bridgehead atoms. The summed E-state index contributed by atoms with van der Waals surface area (Å²) in [6.45, 7) is 1.94. The van der Waals surface area contributed by atoms with Crippen molar-refractivity contribution >= 4 is 17.7 Å². The maximum absolute atomic E-state index is 13.7. The third kappa shape index (κ3) is 5.62. The third-order valence-electron chi connectivity index (χ3n) is 5.30. The van der Waals surface area contributed by atoms with Crippen molar-refractivity contribution in [1.29, 1.82) is 0 Å². The van der Waals surface area contributed by atoms with Crippen molar-refractivity contribution < 1.29 is 22.4 Å². The predicted molar refractivity (Wildman–Crippen MR) is 110 cm³/mol. The molecule has 1 heterocycles. The number of aryl methyl sites for hydroxylation is 1. The van der Waals surface area contributed by atoms with Crippen LogP contribution in [0.4, 0.5) is 29.3 Å². The van der Waals surface area contributed by atoms with Gasteiger partial charge in [-0.3, -0.25) is 4.79 Å². The maximum Gasteiger partial charge on any atom is 0.419 e. The van der Waals surface area contributed by atoms with Crippen molar-refractivity contribution in [2.75, 3.05) is 24.3 Å². The van der Waals surface area contributed by atoms with Gasteiger partial charge in [-0.25, -0.2) is 9.37 Å². The molecule has 1 saturated carbocycles. The monoisotopic (exact) mass is 439 g/mol. The van der Waals surface area contributed by atoms with E-state index in [2.05, 4.69) is 20.6 Å². The molecule has 1 aromatic carbocycles. The molecule has 2 N–H and O–H groups in total. The van der Waals surface area contributed by atoms with Crippen LogP contribution in [0.1, 0.15) is 47.2 Å². The summed E-state index contributed by atoms with van der Waals surface area (Å²) in [5, 5.41) is 6.10. The summed E-state index contributed by atoms with van der Waals surface area (Å²) >= 11 is 0. The van der Waals surface area contributed by atoms with Crippen molar-refractivity contribution in [3.8, 4) is 0 Å². The molecule has 1 fully saturated rings. The van der Waals surface area contributed by atoms with Gasteiger partial charge in [-0.2, -0.15) is 18.2 Å². The third-order valence-corrected chi connectivity index (χ3v) is 5.30. The summed E-state index contributed by atoms with van der Waals surface area (Å²) in [7, 11) is 3.82. The molecule has 1 aliphatic carbocycles. The summed E-state index contributed by atoms with van der Waals surface area (Å²) in [5.41, 5.74) is -0.539. The minimum absolute atomic E-state index is 0.130. The number of anilines is 2. The van der Waals surface area contributed by atoms with Crippen molar-refractivity contribution in [2.24, 2.45) is 0 Å². The molecule has 0 radical (unpaired) electrons. The minimum Gasteiger partial charge on any atom is -0.362 e. The van der Waals surface area contributed by atoms with E-state index < -0.39 is 23.5 Å². The number of alkyl halides is 3. The number of hydrogen-bond donors (Lipinski definition) is 2. The van der Waals surface area contributed by atoms with Gasteiger partial charge in [0, 0.05) is 43.5 Å². The zero-order chi connectivity index (χ0) is 22.8. The van der Waals surface area contributed by atoms with Crippen LogP contribution >= 0.6 is 0 Å². The van der Waals surface area contributed by atoms with Crippen molar-refractivity contribution in [3.05, 3.63) is 46.9 Å². The number of amides is 1. The van der Waals surface area contributed by atoms with Gasteiger partial charge in [-0.15, -0.1) is 0 Å².